The Morgan fingerprint density at radius 1 is 1.00 bits per heavy atom. The Morgan fingerprint density at radius 3 is 2.19 bits per heavy atom. The quantitative estimate of drug-likeness (QED) is 0.257. The number of aliphatic hydroxyl groups is 1. The van der Waals surface area contributed by atoms with Gasteiger partial charge < -0.3 is 40.7 Å². The molecule has 15 nitrogen and oxygen atoms in total. The summed E-state index contributed by atoms with van der Waals surface area (Å²) in [6, 6.07) is -4.02. The first-order chi connectivity index (χ1) is 28.5. The fourth-order valence-electron chi connectivity index (χ4n) is 7.34. The van der Waals surface area contributed by atoms with Crippen molar-refractivity contribution in [2.45, 2.75) is 134 Å². The van der Waals surface area contributed by atoms with Crippen LogP contribution in [0.3, 0.4) is 0 Å². The molecule has 0 bridgehead atoms. The molecule has 22 heteroatoms. The van der Waals surface area contributed by atoms with E-state index in [9.17, 15) is 60.6 Å². The summed E-state index contributed by atoms with van der Waals surface area (Å²) in [6.07, 6.45) is -6.33. The molecule has 0 radical (unpaired) electrons. The third kappa shape index (κ3) is 12.7. The van der Waals surface area contributed by atoms with Gasteiger partial charge in [-0.3, -0.25) is 33.6 Å². The van der Waals surface area contributed by atoms with Gasteiger partial charge in [-0.15, -0.1) is 0 Å². The van der Waals surface area contributed by atoms with Gasteiger partial charge in [-0.05, 0) is 75.6 Å². The van der Waals surface area contributed by atoms with Crippen LogP contribution < -0.4 is 16.0 Å². The molecule has 7 atom stereocenters. The highest BCUT2D eigenvalue weighted by molar-refractivity contribution is 6.33. The van der Waals surface area contributed by atoms with Crippen LogP contribution in [0.15, 0.2) is 18.2 Å². The molecule has 0 spiro atoms. The minimum atomic E-state index is -5.57. The first kappa shape index (κ1) is 52.0. The molecule has 2 fully saturated rings. The molecule has 4 N–H and O–H groups in total. The van der Waals surface area contributed by atoms with Crippen LogP contribution in [0.4, 0.5) is 22.0 Å². The summed E-state index contributed by atoms with van der Waals surface area (Å²) in [5.41, 5.74) is -3.68. The van der Waals surface area contributed by atoms with E-state index in [1.165, 1.54) is 38.2 Å². The molecule has 2 aliphatic heterocycles. The van der Waals surface area contributed by atoms with Crippen molar-refractivity contribution in [2.24, 2.45) is 5.92 Å². The van der Waals surface area contributed by atoms with Gasteiger partial charge in [0.05, 0.1) is 6.54 Å². The first-order valence-electron chi connectivity index (χ1n) is 20.2. The number of nitrogens with zero attached hydrogens (tertiary/aromatic N) is 4. The number of alkyl halides is 5. The van der Waals surface area contributed by atoms with E-state index in [0.717, 1.165) is 16.7 Å². The van der Waals surface area contributed by atoms with Gasteiger partial charge in [0.25, 0.3) is 11.8 Å². The van der Waals surface area contributed by atoms with E-state index in [4.69, 9.17) is 23.2 Å². The van der Waals surface area contributed by atoms with Gasteiger partial charge in [0, 0.05) is 50.6 Å². The predicted octanol–water partition coefficient (Wildman–Crippen LogP) is 3.31. The number of hydrogen-bond acceptors (Lipinski definition) is 8. The van der Waals surface area contributed by atoms with Gasteiger partial charge in [-0.1, -0.05) is 44.0 Å². The monoisotopic (exact) mass is 927 g/mol. The fraction of sp³-hybridized carbons (Fsp3) is 0.675. The standard InChI is InChI=1S/C40H56Cl2F5N7O8/c1-9-26-35(59)51(6)15-11-10-12-28(52(7)34(58)22(4)48-33(57)30-19-39(43,44)20-54(30)37(61)38(5,62)40(45,46)47)31(55)50-27(16-21(2)3)36(60)53(8)29(32(56)49-26)18-23-17-24(41)13-14-25(23)42/h13-14,17,21-22,26-30,62H,9-12,15-16,18-20H2,1-8H3,(H,48,57)(H,49,56)(H,50,55)/t22-,26+,27-,28-,29-,30-,38+/m0/s1. The van der Waals surface area contributed by atoms with Crippen LogP contribution in [0.25, 0.3) is 0 Å². The third-order valence-electron chi connectivity index (χ3n) is 11.1. The summed E-state index contributed by atoms with van der Waals surface area (Å²) in [5, 5.41) is 18.2. The number of halogens is 7. The SMILES string of the molecule is CC[C@H]1NC(=O)[C@H](Cc2cc(Cl)ccc2Cl)N(C)C(=O)[C@H](CC(C)C)NC(=O)[C@@H](N(C)C(=O)[C@H](C)NC(=O)[C@@H]2CC(F)(F)CN2C(=O)[C@@](C)(O)C(F)(F)F)CCCCN(C)C1=O. The first-order valence-corrected chi connectivity index (χ1v) is 20.9. The van der Waals surface area contributed by atoms with Crippen molar-refractivity contribution in [3.8, 4) is 0 Å². The summed E-state index contributed by atoms with van der Waals surface area (Å²) in [4.78, 5) is 99.6. The number of hydrogen-bond donors (Lipinski definition) is 4. The zero-order chi connectivity index (χ0) is 47.2. The molecule has 62 heavy (non-hydrogen) atoms. The van der Waals surface area contributed by atoms with E-state index in [1.54, 1.807) is 26.8 Å². The molecule has 1 aromatic rings. The number of likely N-dealkylation sites (tertiary alicyclic amines) is 1. The topological polar surface area (TPSA) is 189 Å². The van der Waals surface area contributed by atoms with Gasteiger partial charge in [0.1, 0.15) is 36.3 Å². The maximum Gasteiger partial charge on any atom is 0.426 e. The average molecular weight is 929 g/mol. The molecule has 2 heterocycles. The van der Waals surface area contributed by atoms with E-state index < -0.39 is 108 Å². The summed E-state index contributed by atoms with van der Waals surface area (Å²) >= 11 is 12.7. The van der Waals surface area contributed by atoms with Gasteiger partial charge in [0.15, 0.2) is 0 Å². The van der Waals surface area contributed by atoms with Crippen LogP contribution in [0.5, 0.6) is 0 Å². The lowest BCUT2D eigenvalue weighted by molar-refractivity contribution is -0.250. The molecule has 348 valence electrons. The molecule has 7 amide bonds. The van der Waals surface area contributed by atoms with Crippen LogP contribution >= 0.6 is 23.2 Å². The van der Waals surface area contributed by atoms with Crippen LogP contribution in [0.2, 0.25) is 10.0 Å². The maximum atomic E-state index is 14.5. The van der Waals surface area contributed by atoms with E-state index in [2.05, 4.69) is 16.0 Å². The van der Waals surface area contributed by atoms with Crippen molar-refractivity contribution in [3.63, 3.8) is 0 Å². The van der Waals surface area contributed by atoms with Gasteiger partial charge in [0.2, 0.25) is 41.0 Å². The smallest absolute Gasteiger partial charge is 0.373 e. The molecule has 2 aliphatic rings. The predicted molar refractivity (Wildman–Crippen MR) is 218 cm³/mol. The maximum absolute atomic E-state index is 14.5. The van der Waals surface area contributed by atoms with Crippen molar-refractivity contribution >= 4 is 64.6 Å². The highest BCUT2D eigenvalue weighted by Gasteiger charge is 2.61. The highest BCUT2D eigenvalue weighted by atomic mass is 35.5. The number of likely N-dealkylation sites (N-methyl/N-ethyl adjacent to an activating group) is 3. The number of rotatable bonds is 10. The van der Waals surface area contributed by atoms with Crippen molar-refractivity contribution in [2.75, 3.05) is 34.2 Å². The molecule has 0 aromatic heterocycles. The number of carbonyl (C=O) groups is 7. The Labute approximate surface area is 367 Å². The van der Waals surface area contributed by atoms with E-state index >= 15 is 0 Å². The zero-order valence-electron chi connectivity index (χ0n) is 35.9. The lowest BCUT2D eigenvalue weighted by Crippen LogP contribution is -2.61. The second kappa shape index (κ2) is 20.9. The van der Waals surface area contributed by atoms with Crippen LogP contribution in [-0.2, 0) is 40.0 Å². The number of nitrogens with one attached hydrogen (secondary N) is 3. The van der Waals surface area contributed by atoms with Crippen LogP contribution in [-0.4, -0.2) is 154 Å². The van der Waals surface area contributed by atoms with E-state index in [0.29, 0.717) is 17.0 Å². The average Bonchev–Trinajstić information content (AvgIpc) is 3.51. The minimum Gasteiger partial charge on any atom is -0.373 e. The third-order valence-corrected chi connectivity index (χ3v) is 11.7. The Hall–Kier alpha value is -4.30. The van der Waals surface area contributed by atoms with E-state index in [1.807, 2.05) is 0 Å². The van der Waals surface area contributed by atoms with Gasteiger partial charge in [-0.2, -0.15) is 13.2 Å². The number of amides is 7. The lowest BCUT2D eigenvalue weighted by Gasteiger charge is -2.35. The van der Waals surface area contributed by atoms with Crippen LogP contribution in [0.1, 0.15) is 78.7 Å². The molecule has 2 saturated heterocycles. The summed E-state index contributed by atoms with van der Waals surface area (Å²) in [5.74, 6) is -11.2. The van der Waals surface area contributed by atoms with Crippen molar-refractivity contribution < 1.29 is 60.6 Å². The Morgan fingerprint density at radius 2 is 1.61 bits per heavy atom. The summed E-state index contributed by atoms with van der Waals surface area (Å²) < 4.78 is 69.5. The molecule has 3 rings (SSSR count). The molecule has 0 aliphatic carbocycles. The molecular formula is C40H56Cl2F5N7O8. The summed E-state index contributed by atoms with van der Waals surface area (Å²) in [6.45, 7) is 5.06. The second-order valence-corrected chi connectivity index (χ2v) is 17.4. The Bertz CT molecular complexity index is 1860. The van der Waals surface area contributed by atoms with Gasteiger partial charge >= 0.3 is 6.18 Å². The molecule has 0 saturated carbocycles. The normalized spacial score (nSPS) is 24.9. The number of carbonyl (C=O) groups excluding carboxylic acids is 7. The van der Waals surface area contributed by atoms with Crippen molar-refractivity contribution in [1.29, 1.82) is 0 Å². The minimum absolute atomic E-state index is 0.0390. The summed E-state index contributed by atoms with van der Waals surface area (Å²) in [7, 11) is 4.10. The Balaban J connectivity index is 1.98. The number of benzene rings is 1. The lowest BCUT2D eigenvalue weighted by atomic mass is 9.98. The largest absolute Gasteiger partial charge is 0.426 e. The van der Waals surface area contributed by atoms with Crippen molar-refractivity contribution in [1.82, 2.24) is 35.6 Å². The van der Waals surface area contributed by atoms with Crippen molar-refractivity contribution in [3.05, 3.63) is 33.8 Å². The van der Waals surface area contributed by atoms with Crippen LogP contribution in [0, 0.1) is 5.92 Å². The second-order valence-electron chi connectivity index (χ2n) is 16.6. The fourth-order valence-corrected chi connectivity index (χ4v) is 7.73. The van der Waals surface area contributed by atoms with Gasteiger partial charge in [-0.25, -0.2) is 8.78 Å². The molecular weight excluding hydrogens is 872 g/mol. The molecule has 1 aromatic carbocycles. The Kier molecular flexibility index (Phi) is 17.6. The molecule has 0 unspecified atom stereocenters. The van der Waals surface area contributed by atoms with E-state index in [-0.39, 0.29) is 61.4 Å². The highest BCUT2D eigenvalue weighted by Crippen LogP contribution is 2.38. The zero-order valence-corrected chi connectivity index (χ0v) is 37.4.